The second kappa shape index (κ2) is 13.2. The number of hydrogen-bond acceptors (Lipinski definition) is 3. The van der Waals surface area contributed by atoms with Crippen molar-refractivity contribution in [3.05, 3.63) is 102 Å². The second-order valence-electron chi connectivity index (χ2n) is 6.16. The third kappa shape index (κ3) is 7.72. The lowest BCUT2D eigenvalue weighted by Gasteiger charge is -2.05. The Labute approximate surface area is 191 Å². The largest absolute Gasteiger partial charge is 0.489 e. The summed E-state index contributed by atoms with van der Waals surface area (Å²) < 4.78 is 5.62. The third-order valence-electron chi connectivity index (χ3n) is 4.03. The van der Waals surface area contributed by atoms with Crippen LogP contribution in [0, 0.1) is 19.3 Å². The van der Waals surface area contributed by atoms with Gasteiger partial charge in [-0.25, -0.2) is 0 Å². The number of benzene rings is 3. The van der Waals surface area contributed by atoms with Crippen LogP contribution in [0.3, 0.4) is 0 Å². The molecule has 4 aromatic rings. The molecule has 1 N–H and O–H groups in total. The molecule has 0 bridgehead atoms. The van der Waals surface area contributed by atoms with Gasteiger partial charge >= 0.3 is 0 Å². The van der Waals surface area contributed by atoms with E-state index >= 15 is 0 Å². The zero-order valence-corrected chi connectivity index (χ0v) is 19.2. The second-order valence-corrected chi connectivity index (χ2v) is 6.16. The number of alkyl halides is 1. The Balaban J connectivity index is 0.000000204. The predicted molar refractivity (Wildman–Crippen MR) is 132 cm³/mol. The highest BCUT2D eigenvalue weighted by Crippen LogP contribution is 2.15. The van der Waals surface area contributed by atoms with Crippen LogP contribution in [0.5, 0.6) is 5.75 Å². The van der Waals surface area contributed by atoms with Crippen LogP contribution in [0.15, 0.2) is 85.1 Å². The van der Waals surface area contributed by atoms with Crippen molar-refractivity contribution in [1.29, 1.82) is 0 Å². The smallest absolute Gasteiger partial charge is 0.119 e. The van der Waals surface area contributed by atoms with Crippen molar-refractivity contribution in [3.63, 3.8) is 0 Å². The van der Waals surface area contributed by atoms with E-state index in [9.17, 15) is 0 Å². The molecule has 0 saturated carbocycles. The maximum Gasteiger partial charge on any atom is 0.119 e. The van der Waals surface area contributed by atoms with Crippen LogP contribution in [-0.4, -0.2) is 20.3 Å². The van der Waals surface area contributed by atoms with E-state index in [1.54, 1.807) is 6.20 Å². The monoisotopic (exact) mass is 509 g/mol. The summed E-state index contributed by atoms with van der Waals surface area (Å²) in [5, 5.41) is 10.3. The van der Waals surface area contributed by atoms with Crippen LogP contribution in [0.4, 0.5) is 0 Å². The van der Waals surface area contributed by atoms with E-state index in [1.165, 1.54) is 5.56 Å². The highest BCUT2D eigenvalue weighted by Gasteiger charge is 1.98. The number of hydrogen-bond donors (Lipinski definition) is 1. The first-order valence-corrected chi connectivity index (χ1v) is 11.4. The number of rotatable bonds is 4. The molecule has 4 rings (SSSR count). The van der Waals surface area contributed by atoms with Crippen molar-refractivity contribution in [3.8, 4) is 29.4 Å². The molecular formula is C25H24IN3O. The molecular weight excluding hydrogens is 485 g/mol. The zero-order chi connectivity index (χ0) is 21.6. The summed E-state index contributed by atoms with van der Waals surface area (Å²) in [6.45, 7) is 2.64. The molecule has 1 heterocycles. The molecule has 0 radical (unpaired) electrons. The first-order chi connectivity index (χ1) is 14.7. The number of nitrogens with one attached hydrogen (secondary N) is 1. The minimum atomic E-state index is 0.580. The Morgan fingerprint density at radius 3 is 2.17 bits per heavy atom. The van der Waals surface area contributed by atoms with Crippen LogP contribution in [0.25, 0.3) is 11.3 Å². The van der Waals surface area contributed by atoms with Crippen molar-refractivity contribution >= 4 is 22.6 Å². The third-order valence-corrected chi connectivity index (χ3v) is 4.03. The van der Waals surface area contributed by atoms with Crippen LogP contribution in [0.1, 0.15) is 16.7 Å². The molecule has 0 aliphatic heterocycles. The Hall–Kier alpha value is -3.11. The van der Waals surface area contributed by atoms with Crippen LogP contribution in [-0.2, 0) is 6.61 Å². The van der Waals surface area contributed by atoms with Crippen LogP contribution >= 0.6 is 22.6 Å². The van der Waals surface area contributed by atoms with Gasteiger partial charge in [-0.1, -0.05) is 88.7 Å². The molecule has 3 aromatic carbocycles. The predicted octanol–water partition coefficient (Wildman–Crippen LogP) is 6.08. The van der Waals surface area contributed by atoms with E-state index in [2.05, 4.69) is 63.0 Å². The number of aromatic nitrogens is 3. The lowest BCUT2D eigenvalue weighted by molar-refractivity contribution is 0.306. The van der Waals surface area contributed by atoms with Gasteiger partial charge in [0.2, 0.25) is 0 Å². The molecule has 0 amide bonds. The minimum absolute atomic E-state index is 0.580. The Bertz CT molecular complexity index is 1010. The molecule has 0 saturated heterocycles. The molecule has 4 nitrogen and oxygen atoms in total. The highest BCUT2D eigenvalue weighted by atomic mass is 127. The van der Waals surface area contributed by atoms with E-state index < -0.39 is 0 Å². The fourth-order valence-electron chi connectivity index (χ4n) is 2.45. The molecule has 0 aliphatic rings. The van der Waals surface area contributed by atoms with Gasteiger partial charge in [0.25, 0.3) is 0 Å². The van der Waals surface area contributed by atoms with Gasteiger partial charge in [0.1, 0.15) is 18.1 Å². The van der Waals surface area contributed by atoms with Gasteiger partial charge in [-0.05, 0) is 41.7 Å². The molecule has 0 atom stereocenters. The molecule has 0 fully saturated rings. The number of halogens is 1. The number of terminal acetylenes is 1. The highest BCUT2D eigenvalue weighted by molar-refractivity contribution is 14.1. The van der Waals surface area contributed by atoms with E-state index in [-0.39, 0.29) is 0 Å². The van der Waals surface area contributed by atoms with E-state index in [0.717, 1.165) is 28.1 Å². The van der Waals surface area contributed by atoms with E-state index in [0.29, 0.717) is 6.61 Å². The number of ether oxygens (including phenoxy) is 1. The van der Waals surface area contributed by atoms with Crippen molar-refractivity contribution in [2.24, 2.45) is 0 Å². The lowest BCUT2D eigenvalue weighted by atomic mass is 10.1. The van der Waals surface area contributed by atoms with Crippen molar-refractivity contribution in [2.45, 2.75) is 13.5 Å². The summed E-state index contributed by atoms with van der Waals surface area (Å²) in [5.41, 5.74) is 5.25. The SMILES string of the molecule is C#Cc1ccc(OCc2ccccc2)cc1.CI.Cc1ccc(-c2cn[nH]n2)cc1. The number of H-pyrrole nitrogens is 1. The van der Waals surface area contributed by atoms with Gasteiger partial charge in [-0.15, -0.1) is 6.42 Å². The van der Waals surface area contributed by atoms with Gasteiger partial charge in [0.15, 0.2) is 0 Å². The Morgan fingerprint density at radius 2 is 1.60 bits per heavy atom. The normalized spacial score (nSPS) is 9.27. The molecule has 0 aliphatic carbocycles. The van der Waals surface area contributed by atoms with Gasteiger partial charge in [0, 0.05) is 11.1 Å². The fraction of sp³-hybridized carbons (Fsp3) is 0.120. The minimum Gasteiger partial charge on any atom is -0.489 e. The zero-order valence-electron chi connectivity index (χ0n) is 17.0. The first-order valence-electron chi connectivity index (χ1n) is 9.28. The van der Waals surface area contributed by atoms with Crippen molar-refractivity contribution in [1.82, 2.24) is 15.4 Å². The van der Waals surface area contributed by atoms with Crippen LogP contribution < -0.4 is 4.74 Å². The summed E-state index contributed by atoms with van der Waals surface area (Å²) in [4.78, 5) is 1.97. The van der Waals surface area contributed by atoms with E-state index in [1.807, 2.05) is 71.7 Å². The average Bonchev–Trinajstić information content (AvgIpc) is 3.36. The average molecular weight is 509 g/mol. The summed E-state index contributed by atoms with van der Waals surface area (Å²) >= 11 is 2.15. The lowest BCUT2D eigenvalue weighted by Crippen LogP contribution is -1.94. The Morgan fingerprint density at radius 1 is 0.933 bits per heavy atom. The topological polar surface area (TPSA) is 50.8 Å². The van der Waals surface area contributed by atoms with Gasteiger partial charge in [-0.3, -0.25) is 0 Å². The fourth-order valence-corrected chi connectivity index (χ4v) is 2.45. The molecule has 0 spiro atoms. The summed E-state index contributed by atoms with van der Waals surface area (Å²) in [5.74, 6) is 3.41. The van der Waals surface area contributed by atoms with Gasteiger partial charge < -0.3 is 4.74 Å². The summed E-state index contributed by atoms with van der Waals surface area (Å²) in [6, 6.07) is 25.8. The maximum absolute atomic E-state index is 5.62. The first kappa shape index (κ1) is 23.2. The van der Waals surface area contributed by atoms with E-state index in [4.69, 9.17) is 11.2 Å². The molecule has 0 unspecified atom stereocenters. The quantitative estimate of drug-likeness (QED) is 0.206. The van der Waals surface area contributed by atoms with Gasteiger partial charge in [0.05, 0.1) is 6.20 Å². The summed E-state index contributed by atoms with van der Waals surface area (Å²) in [7, 11) is 0. The number of nitrogens with zero attached hydrogens (tertiary/aromatic N) is 2. The maximum atomic E-state index is 5.62. The number of aromatic amines is 1. The molecule has 5 heteroatoms. The molecule has 152 valence electrons. The van der Waals surface area contributed by atoms with Gasteiger partial charge in [-0.2, -0.15) is 15.4 Å². The standard InChI is InChI=1S/C15H12O.C9H9N3.CH3I/c1-2-13-8-10-15(11-9-13)16-12-14-6-4-3-5-7-14;1-7-2-4-8(5-3-7)9-6-10-12-11-9;1-2/h1,3-11H,12H2;2-6H,1H3,(H,10,11,12);1H3. The molecule has 1 aromatic heterocycles. The molecule has 30 heavy (non-hydrogen) atoms. The Kier molecular flexibility index (Phi) is 10.2. The van der Waals surface area contributed by atoms with Crippen molar-refractivity contribution < 1.29 is 4.74 Å². The summed E-state index contributed by atoms with van der Waals surface area (Å²) in [6.07, 6.45) is 6.99. The number of aryl methyl sites for hydroxylation is 1. The van der Waals surface area contributed by atoms with Crippen molar-refractivity contribution in [2.75, 3.05) is 4.93 Å². The van der Waals surface area contributed by atoms with Crippen LogP contribution in [0.2, 0.25) is 0 Å².